The van der Waals surface area contributed by atoms with Crippen LogP contribution in [0.25, 0.3) is 0 Å². The average molecular weight is 186 g/mol. The van der Waals surface area contributed by atoms with Crippen LogP contribution in [0.5, 0.6) is 0 Å². The average Bonchev–Trinajstić information content (AvgIpc) is 2.33. The maximum absolute atomic E-state index is 10.5. The van der Waals surface area contributed by atoms with E-state index in [0.29, 0.717) is 6.42 Å². The molecule has 1 unspecified atom stereocenters. The minimum atomic E-state index is -0.955. The van der Waals surface area contributed by atoms with E-state index in [1.807, 2.05) is 0 Å². The van der Waals surface area contributed by atoms with Gasteiger partial charge in [0, 0.05) is 12.6 Å². The summed E-state index contributed by atoms with van der Waals surface area (Å²) in [6, 6.07) is 0. The molecule has 0 spiro atoms. The van der Waals surface area contributed by atoms with Gasteiger partial charge in [0.15, 0.2) is 0 Å². The van der Waals surface area contributed by atoms with Crippen LogP contribution >= 0.6 is 11.8 Å². The molecule has 12 heavy (non-hydrogen) atoms. The minimum Gasteiger partial charge on any atom is -0.477 e. The van der Waals surface area contributed by atoms with Crippen molar-refractivity contribution in [1.29, 1.82) is 0 Å². The molecule has 1 aliphatic rings. The molecular formula is C7H10N2O2S. The van der Waals surface area contributed by atoms with Crippen molar-refractivity contribution in [2.75, 3.05) is 0 Å². The number of aliphatic carboxylic acids is 1. The molecule has 0 aromatic heterocycles. The van der Waals surface area contributed by atoms with Gasteiger partial charge in [-0.15, -0.1) is 6.58 Å². The van der Waals surface area contributed by atoms with Crippen molar-refractivity contribution in [2.45, 2.75) is 11.4 Å². The summed E-state index contributed by atoms with van der Waals surface area (Å²) < 4.78 is 0. The fourth-order valence-corrected chi connectivity index (χ4v) is 1.78. The first-order chi connectivity index (χ1) is 5.57. The van der Waals surface area contributed by atoms with Crippen LogP contribution in [0.15, 0.2) is 23.8 Å². The second-order valence-electron chi connectivity index (χ2n) is 2.44. The molecule has 1 aliphatic heterocycles. The lowest BCUT2D eigenvalue weighted by molar-refractivity contribution is -0.131. The zero-order valence-corrected chi connectivity index (χ0v) is 7.23. The van der Waals surface area contributed by atoms with Crippen LogP contribution in [0.2, 0.25) is 0 Å². The number of rotatable bonds is 3. The van der Waals surface area contributed by atoms with Gasteiger partial charge in [-0.3, -0.25) is 5.73 Å². The first-order valence-corrected chi connectivity index (χ1v) is 4.19. The minimum absolute atomic E-state index is 0.236. The normalized spacial score (nSPS) is 27.6. The van der Waals surface area contributed by atoms with E-state index in [4.69, 9.17) is 10.8 Å². The second kappa shape index (κ2) is 3.20. The van der Waals surface area contributed by atoms with Crippen molar-refractivity contribution in [3.05, 3.63) is 23.8 Å². The summed E-state index contributed by atoms with van der Waals surface area (Å²) in [6.45, 7) is 3.54. The Morgan fingerprint density at radius 1 is 2.00 bits per heavy atom. The van der Waals surface area contributed by atoms with E-state index in [0.717, 1.165) is 11.8 Å². The van der Waals surface area contributed by atoms with Gasteiger partial charge in [0.2, 0.25) is 0 Å². The van der Waals surface area contributed by atoms with Gasteiger partial charge in [-0.2, -0.15) is 0 Å². The predicted octanol–water partition coefficient (Wildman–Crippen LogP) is 0.437. The van der Waals surface area contributed by atoms with Gasteiger partial charge in [0.05, 0.1) is 0 Å². The Morgan fingerprint density at radius 3 is 3.08 bits per heavy atom. The summed E-state index contributed by atoms with van der Waals surface area (Å²) in [5.74, 6) is -0.955. The molecule has 1 heterocycles. The van der Waals surface area contributed by atoms with Gasteiger partial charge in [-0.05, 0) is 0 Å². The molecule has 1 rings (SSSR count). The van der Waals surface area contributed by atoms with Crippen LogP contribution in [0.4, 0.5) is 0 Å². The van der Waals surface area contributed by atoms with Crippen molar-refractivity contribution >= 4 is 17.7 Å². The number of thioether (sulfide) groups is 1. The molecule has 0 aromatic carbocycles. The number of carboxylic acids is 1. The second-order valence-corrected chi connectivity index (χ2v) is 3.81. The number of carbonyl (C=O) groups is 1. The largest absolute Gasteiger partial charge is 0.477 e. The molecule has 0 aliphatic carbocycles. The highest BCUT2D eigenvalue weighted by molar-refractivity contribution is 8.05. The third-order valence-electron chi connectivity index (χ3n) is 1.40. The summed E-state index contributed by atoms with van der Waals surface area (Å²) in [5.41, 5.74) is 5.76. The Labute approximate surface area is 74.5 Å². The molecular weight excluding hydrogens is 176 g/mol. The maximum atomic E-state index is 10.5. The van der Waals surface area contributed by atoms with E-state index >= 15 is 0 Å². The standard InChI is InChI=1S/C7H10N2O2S/c1-2-3-7(8)9-4-5(12-7)6(10)11/h2,4,9H,1,3,8H2,(H,10,11). The highest BCUT2D eigenvalue weighted by Gasteiger charge is 2.32. The SMILES string of the molecule is C=CCC1(N)NC=C(C(=O)O)S1. The fraction of sp³-hybridized carbons (Fsp3) is 0.286. The first kappa shape index (κ1) is 9.15. The summed E-state index contributed by atoms with van der Waals surface area (Å²) >= 11 is 1.10. The quantitative estimate of drug-likeness (QED) is 0.557. The van der Waals surface area contributed by atoms with Gasteiger partial charge >= 0.3 is 5.97 Å². The molecule has 66 valence electrons. The van der Waals surface area contributed by atoms with Crippen molar-refractivity contribution < 1.29 is 9.90 Å². The lowest BCUT2D eigenvalue weighted by atomic mass is 10.3. The molecule has 0 aromatic rings. The van der Waals surface area contributed by atoms with Crippen LogP contribution < -0.4 is 11.1 Å². The molecule has 0 radical (unpaired) electrons. The summed E-state index contributed by atoms with van der Waals surface area (Å²) in [7, 11) is 0. The lowest BCUT2D eigenvalue weighted by Gasteiger charge is -2.21. The van der Waals surface area contributed by atoms with Crippen molar-refractivity contribution in [2.24, 2.45) is 5.73 Å². The van der Waals surface area contributed by atoms with Gasteiger partial charge in [-0.25, -0.2) is 4.79 Å². The first-order valence-electron chi connectivity index (χ1n) is 3.37. The van der Waals surface area contributed by atoms with Crippen molar-refractivity contribution in [1.82, 2.24) is 5.32 Å². The van der Waals surface area contributed by atoms with Gasteiger partial charge < -0.3 is 10.4 Å². The number of hydrogen-bond donors (Lipinski definition) is 3. The molecule has 4 nitrogen and oxygen atoms in total. The molecule has 0 bridgehead atoms. The number of carboxylic acid groups (broad SMARTS) is 1. The van der Waals surface area contributed by atoms with E-state index in [-0.39, 0.29) is 4.91 Å². The molecule has 0 fully saturated rings. The van der Waals surface area contributed by atoms with Crippen molar-refractivity contribution in [3.8, 4) is 0 Å². The third-order valence-corrected chi connectivity index (χ3v) is 2.56. The number of nitrogens with one attached hydrogen (secondary N) is 1. The van der Waals surface area contributed by atoms with Gasteiger partial charge in [0.1, 0.15) is 9.90 Å². The monoisotopic (exact) mass is 186 g/mol. The smallest absolute Gasteiger partial charge is 0.343 e. The zero-order valence-electron chi connectivity index (χ0n) is 6.41. The van der Waals surface area contributed by atoms with E-state index < -0.39 is 11.0 Å². The molecule has 1 atom stereocenters. The molecule has 0 saturated carbocycles. The van der Waals surface area contributed by atoms with Crippen LogP contribution in [0.1, 0.15) is 6.42 Å². The Morgan fingerprint density at radius 2 is 2.67 bits per heavy atom. The number of nitrogens with two attached hydrogens (primary N) is 1. The topological polar surface area (TPSA) is 75.3 Å². The van der Waals surface area contributed by atoms with E-state index in [1.165, 1.54) is 6.20 Å². The van der Waals surface area contributed by atoms with Crippen LogP contribution in [0, 0.1) is 0 Å². The van der Waals surface area contributed by atoms with Crippen LogP contribution in [0.3, 0.4) is 0 Å². The van der Waals surface area contributed by atoms with E-state index in [1.54, 1.807) is 6.08 Å². The van der Waals surface area contributed by atoms with Crippen LogP contribution in [-0.2, 0) is 4.79 Å². The Bertz CT molecular complexity index is 252. The highest BCUT2D eigenvalue weighted by atomic mass is 32.2. The number of hydrogen-bond acceptors (Lipinski definition) is 4. The fourth-order valence-electron chi connectivity index (χ4n) is 0.863. The molecule has 4 N–H and O–H groups in total. The summed E-state index contributed by atoms with van der Waals surface area (Å²) in [5, 5.41) is 11.4. The van der Waals surface area contributed by atoms with E-state index in [2.05, 4.69) is 11.9 Å². The Balaban J connectivity index is 2.61. The third kappa shape index (κ3) is 1.80. The van der Waals surface area contributed by atoms with Crippen LogP contribution in [-0.4, -0.2) is 16.1 Å². The summed E-state index contributed by atoms with van der Waals surface area (Å²) in [4.78, 5) is 9.99. The maximum Gasteiger partial charge on any atom is 0.343 e. The van der Waals surface area contributed by atoms with E-state index in [9.17, 15) is 4.79 Å². The Hall–Kier alpha value is -0.940. The molecule has 5 heteroatoms. The predicted molar refractivity (Wildman–Crippen MR) is 48.2 cm³/mol. The van der Waals surface area contributed by atoms with Gasteiger partial charge in [0.25, 0.3) is 0 Å². The lowest BCUT2D eigenvalue weighted by Crippen LogP contribution is -2.44. The zero-order chi connectivity index (χ0) is 9.19. The Kier molecular flexibility index (Phi) is 2.44. The van der Waals surface area contributed by atoms with Gasteiger partial charge in [-0.1, -0.05) is 17.8 Å². The highest BCUT2D eigenvalue weighted by Crippen LogP contribution is 2.33. The molecule has 0 amide bonds. The van der Waals surface area contributed by atoms with Crippen molar-refractivity contribution in [3.63, 3.8) is 0 Å². The summed E-state index contributed by atoms with van der Waals surface area (Å²) in [6.07, 6.45) is 3.58. The molecule has 0 saturated heterocycles.